The van der Waals surface area contributed by atoms with Crippen LogP contribution in [-0.2, 0) is 4.74 Å². The molecule has 0 unspecified atom stereocenters. The minimum atomic E-state index is -0.253. The van der Waals surface area contributed by atoms with Crippen molar-refractivity contribution >= 4 is 38.8 Å². The third-order valence-electron chi connectivity index (χ3n) is 5.06. The normalized spacial score (nSPS) is 26.4. The molecule has 0 saturated carbocycles. The monoisotopic (exact) mass is 484 g/mol. The van der Waals surface area contributed by atoms with Crippen LogP contribution in [0, 0.1) is 0 Å². The SMILES string of the molecule is CC1(C)O[C@](C)([C@@H](CO)[Se]c2ccccc2)CC[C@H]1[Se]c1ccccc1. The van der Waals surface area contributed by atoms with Crippen LogP contribution in [-0.4, -0.2) is 52.8 Å². The summed E-state index contributed by atoms with van der Waals surface area (Å²) in [5, 5.41) is 10.1. The predicted octanol–water partition coefficient (Wildman–Crippen LogP) is 2.96. The van der Waals surface area contributed by atoms with Crippen LogP contribution in [0.2, 0.25) is 9.63 Å². The number of benzene rings is 2. The zero-order valence-corrected chi connectivity index (χ0v) is 19.1. The first-order valence-corrected chi connectivity index (χ1v) is 12.9. The molecule has 0 amide bonds. The van der Waals surface area contributed by atoms with Gasteiger partial charge >= 0.3 is 170 Å². The molecule has 2 nitrogen and oxygen atoms in total. The van der Waals surface area contributed by atoms with Gasteiger partial charge in [-0.1, -0.05) is 0 Å². The Morgan fingerprint density at radius 3 is 2.12 bits per heavy atom. The van der Waals surface area contributed by atoms with E-state index < -0.39 is 0 Å². The first-order chi connectivity index (χ1) is 12.4. The van der Waals surface area contributed by atoms with Crippen molar-refractivity contribution in [2.75, 3.05) is 6.61 Å². The van der Waals surface area contributed by atoms with Crippen molar-refractivity contribution in [3.8, 4) is 0 Å². The molecular formula is C22H28O2Se2. The Hall–Kier alpha value is -0.601. The number of ether oxygens (including phenoxy) is 1. The van der Waals surface area contributed by atoms with Gasteiger partial charge in [-0.25, -0.2) is 0 Å². The first-order valence-electron chi connectivity index (χ1n) is 9.17. The maximum atomic E-state index is 10.1. The van der Waals surface area contributed by atoms with Crippen LogP contribution in [0.1, 0.15) is 33.6 Å². The van der Waals surface area contributed by atoms with Crippen LogP contribution in [0.15, 0.2) is 60.7 Å². The summed E-state index contributed by atoms with van der Waals surface area (Å²) in [7, 11) is 0. The summed E-state index contributed by atoms with van der Waals surface area (Å²) in [5.74, 6) is 0. The molecule has 26 heavy (non-hydrogen) atoms. The second-order valence-electron chi connectivity index (χ2n) is 7.58. The molecule has 1 aliphatic rings. The van der Waals surface area contributed by atoms with E-state index in [1.807, 2.05) is 6.07 Å². The van der Waals surface area contributed by atoms with Crippen molar-refractivity contribution in [3.63, 3.8) is 0 Å². The summed E-state index contributed by atoms with van der Waals surface area (Å²) < 4.78 is 9.52. The second-order valence-corrected chi connectivity index (χ2v) is 12.9. The third kappa shape index (κ3) is 4.81. The number of rotatable bonds is 6. The standard InChI is InChI=1S/C22H28O2Se2/c1-21(2)19(25-17-10-6-4-7-11-17)14-15-22(3,24-21)20(16-23)26-18-12-8-5-9-13-18/h4-13,19-20,23H,14-16H2,1-3H3/t19-,20-,22+/m1/s1. The fourth-order valence-electron chi connectivity index (χ4n) is 3.59. The van der Waals surface area contributed by atoms with E-state index in [9.17, 15) is 5.11 Å². The Morgan fingerprint density at radius 1 is 1.00 bits per heavy atom. The molecule has 0 radical (unpaired) electrons. The average molecular weight is 482 g/mol. The van der Waals surface area contributed by atoms with Gasteiger partial charge in [-0.3, -0.25) is 0 Å². The van der Waals surface area contributed by atoms with Gasteiger partial charge in [0.2, 0.25) is 0 Å². The van der Waals surface area contributed by atoms with Crippen molar-refractivity contribution < 1.29 is 9.84 Å². The van der Waals surface area contributed by atoms with E-state index in [1.165, 1.54) is 15.3 Å². The molecule has 1 saturated heterocycles. The topological polar surface area (TPSA) is 29.5 Å². The zero-order chi connectivity index (χ0) is 18.6. The summed E-state index contributed by atoms with van der Waals surface area (Å²) in [4.78, 5) is 0.746. The van der Waals surface area contributed by atoms with E-state index in [4.69, 9.17) is 4.74 Å². The summed E-state index contributed by atoms with van der Waals surface area (Å²) in [6.07, 6.45) is 2.19. The molecule has 3 rings (SSSR count). The molecule has 4 heteroatoms. The van der Waals surface area contributed by atoms with E-state index in [-0.39, 0.29) is 37.6 Å². The van der Waals surface area contributed by atoms with Crippen molar-refractivity contribution in [3.05, 3.63) is 60.7 Å². The molecule has 1 N–H and O–H groups in total. The predicted molar refractivity (Wildman–Crippen MR) is 111 cm³/mol. The summed E-state index contributed by atoms with van der Waals surface area (Å²) >= 11 is 0.615. The number of hydrogen-bond acceptors (Lipinski definition) is 2. The molecule has 3 atom stereocenters. The van der Waals surface area contributed by atoms with Crippen molar-refractivity contribution in [1.82, 2.24) is 0 Å². The van der Waals surface area contributed by atoms with Gasteiger partial charge in [0.15, 0.2) is 0 Å². The van der Waals surface area contributed by atoms with Gasteiger partial charge in [0.1, 0.15) is 0 Å². The molecule has 0 aliphatic carbocycles. The fourth-order valence-corrected chi connectivity index (χ4v) is 8.51. The summed E-state index contributed by atoms with van der Waals surface area (Å²) in [6.45, 7) is 6.88. The Kier molecular flexibility index (Phi) is 6.67. The minimum absolute atomic E-state index is 0.164. The average Bonchev–Trinajstić information content (AvgIpc) is 2.63. The fraction of sp³-hybridized carbons (Fsp3) is 0.455. The molecule has 0 aromatic heterocycles. The Bertz CT molecular complexity index is 690. The van der Waals surface area contributed by atoms with E-state index in [0.717, 1.165) is 6.42 Å². The van der Waals surface area contributed by atoms with Gasteiger partial charge in [0.25, 0.3) is 0 Å². The number of hydrogen-bond donors (Lipinski definition) is 1. The molecule has 2 aromatic rings. The second kappa shape index (κ2) is 8.61. The van der Waals surface area contributed by atoms with Crippen LogP contribution in [0.25, 0.3) is 0 Å². The van der Waals surface area contributed by atoms with Gasteiger partial charge in [-0.2, -0.15) is 0 Å². The summed E-state index contributed by atoms with van der Waals surface area (Å²) in [6, 6.07) is 21.4. The number of aliphatic hydroxyl groups excluding tert-OH is 1. The third-order valence-corrected chi connectivity index (χ3v) is 11.6. The van der Waals surface area contributed by atoms with Gasteiger partial charge in [-0.05, 0) is 0 Å². The molecule has 0 spiro atoms. The quantitative estimate of drug-likeness (QED) is 0.642. The van der Waals surface area contributed by atoms with Gasteiger partial charge in [-0.15, -0.1) is 0 Å². The molecular weight excluding hydrogens is 454 g/mol. The van der Waals surface area contributed by atoms with E-state index >= 15 is 0 Å². The zero-order valence-electron chi connectivity index (χ0n) is 15.7. The van der Waals surface area contributed by atoms with Gasteiger partial charge in [0.05, 0.1) is 0 Å². The van der Waals surface area contributed by atoms with Crippen molar-refractivity contribution in [1.29, 1.82) is 0 Å². The Labute approximate surface area is 170 Å². The van der Waals surface area contributed by atoms with Gasteiger partial charge in [0, 0.05) is 0 Å². The van der Waals surface area contributed by atoms with E-state index in [1.54, 1.807) is 0 Å². The molecule has 2 aromatic carbocycles. The molecule has 1 aliphatic heterocycles. The Balaban J connectivity index is 1.71. The van der Waals surface area contributed by atoms with E-state index in [2.05, 4.69) is 75.4 Å². The number of aliphatic hydroxyl groups is 1. The molecule has 1 fully saturated rings. The van der Waals surface area contributed by atoms with Crippen LogP contribution < -0.4 is 8.92 Å². The summed E-state index contributed by atoms with van der Waals surface area (Å²) in [5.41, 5.74) is -0.416. The Morgan fingerprint density at radius 2 is 1.58 bits per heavy atom. The maximum absolute atomic E-state index is 10.1. The molecule has 0 bridgehead atoms. The van der Waals surface area contributed by atoms with Crippen LogP contribution >= 0.6 is 0 Å². The van der Waals surface area contributed by atoms with Crippen LogP contribution in [0.3, 0.4) is 0 Å². The van der Waals surface area contributed by atoms with Crippen molar-refractivity contribution in [2.24, 2.45) is 0 Å². The van der Waals surface area contributed by atoms with Gasteiger partial charge < -0.3 is 0 Å². The first kappa shape index (κ1) is 20.1. The molecule has 1 heterocycles. The van der Waals surface area contributed by atoms with Crippen LogP contribution in [0.5, 0.6) is 0 Å². The van der Waals surface area contributed by atoms with Crippen LogP contribution in [0.4, 0.5) is 0 Å². The molecule has 140 valence electrons. The van der Waals surface area contributed by atoms with E-state index in [0.29, 0.717) is 19.8 Å². The van der Waals surface area contributed by atoms with Crippen molar-refractivity contribution in [2.45, 2.75) is 54.4 Å².